The van der Waals surface area contributed by atoms with E-state index in [1.165, 1.54) is 12.8 Å². The summed E-state index contributed by atoms with van der Waals surface area (Å²) in [5.41, 5.74) is 2.14. The number of aromatic nitrogens is 4. The van der Waals surface area contributed by atoms with Gasteiger partial charge < -0.3 is 4.90 Å². The number of hydrogen-bond acceptors (Lipinski definition) is 4. The zero-order valence-corrected chi connectivity index (χ0v) is 15.8. The lowest BCUT2D eigenvalue weighted by molar-refractivity contribution is -0.129. The van der Waals surface area contributed by atoms with Gasteiger partial charge in [-0.1, -0.05) is 13.8 Å². The van der Waals surface area contributed by atoms with Gasteiger partial charge in [0.2, 0.25) is 5.91 Å². The lowest BCUT2D eigenvalue weighted by Gasteiger charge is -2.17. The molecule has 0 unspecified atom stereocenters. The van der Waals surface area contributed by atoms with Gasteiger partial charge in [0.1, 0.15) is 5.82 Å². The number of carbonyl (C=O) groups is 1. The van der Waals surface area contributed by atoms with Gasteiger partial charge in [0.05, 0.1) is 6.42 Å². The number of nitrogens with one attached hydrogen (secondary N) is 1. The molecule has 2 fully saturated rings. The molecule has 6 heteroatoms. The Kier molecular flexibility index (Phi) is 4.51. The molecule has 1 N–H and O–H groups in total. The van der Waals surface area contributed by atoms with E-state index in [4.69, 9.17) is 4.98 Å². The van der Waals surface area contributed by atoms with Crippen LogP contribution in [0.3, 0.4) is 0 Å². The predicted molar refractivity (Wildman–Crippen MR) is 98.7 cm³/mol. The van der Waals surface area contributed by atoms with E-state index in [0.717, 1.165) is 41.8 Å². The molecule has 3 heterocycles. The highest BCUT2D eigenvalue weighted by Gasteiger charge is 2.45. The van der Waals surface area contributed by atoms with Crippen molar-refractivity contribution in [3.63, 3.8) is 0 Å². The topological polar surface area (TPSA) is 74.8 Å². The molecule has 1 saturated heterocycles. The Balaban J connectivity index is 1.50. The number of H-pyrrole nitrogens is 1. The van der Waals surface area contributed by atoms with E-state index in [2.05, 4.69) is 29.0 Å². The Morgan fingerprint density at radius 1 is 1.35 bits per heavy atom. The van der Waals surface area contributed by atoms with Crippen LogP contribution in [0.5, 0.6) is 0 Å². The van der Waals surface area contributed by atoms with Crippen LogP contribution in [0, 0.1) is 18.8 Å². The molecular weight excluding hydrogens is 326 g/mol. The van der Waals surface area contributed by atoms with Crippen LogP contribution in [-0.4, -0.2) is 44.1 Å². The number of rotatable bonds is 5. The van der Waals surface area contributed by atoms with Crippen molar-refractivity contribution in [3.05, 3.63) is 41.2 Å². The summed E-state index contributed by atoms with van der Waals surface area (Å²) in [6, 6.07) is 1.95. The van der Waals surface area contributed by atoms with Gasteiger partial charge in [0.25, 0.3) is 0 Å². The number of amides is 1. The van der Waals surface area contributed by atoms with Crippen LogP contribution < -0.4 is 0 Å². The average molecular weight is 353 g/mol. The predicted octanol–water partition coefficient (Wildman–Crippen LogP) is 2.83. The smallest absolute Gasteiger partial charge is 0.227 e. The summed E-state index contributed by atoms with van der Waals surface area (Å²) < 4.78 is 0. The molecule has 4 rings (SSSR count). The van der Waals surface area contributed by atoms with Crippen molar-refractivity contribution in [1.82, 2.24) is 25.1 Å². The first-order valence-electron chi connectivity index (χ1n) is 9.62. The van der Waals surface area contributed by atoms with E-state index in [0.29, 0.717) is 18.3 Å². The first-order chi connectivity index (χ1) is 12.5. The highest BCUT2D eigenvalue weighted by atomic mass is 16.2. The van der Waals surface area contributed by atoms with Gasteiger partial charge in [-0.3, -0.25) is 14.9 Å². The molecule has 0 radical (unpaired) electrons. The minimum atomic E-state index is 0.205. The number of carbonyl (C=O) groups excluding carboxylic acids is 1. The maximum atomic E-state index is 12.9. The Bertz CT molecular complexity index is 795. The molecule has 0 aromatic carbocycles. The first-order valence-corrected chi connectivity index (χ1v) is 9.62. The van der Waals surface area contributed by atoms with Gasteiger partial charge in [-0.15, -0.1) is 0 Å². The fourth-order valence-electron chi connectivity index (χ4n) is 4.01. The summed E-state index contributed by atoms with van der Waals surface area (Å²) in [6.45, 7) is 7.81. The summed E-state index contributed by atoms with van der Waals surface area (Å²) in [4.78, 5) is 23.8. The maximum Gasteiger partial charge on any atom is 0.227 e. The van der Waals surface area contributed by atoms with Crippen molar-refractivity contribution in [2.45, 2.75) is 51.9 Å². The Hall–Kier alpha value is -2.24. The van der Waals surface area contributed by atoms with E-state index in [-0.39, 0.29) is 11.8 Å². The summed E-state index contributed by atoms with van der Waals surface area (Å²) in [7, 11) is 0. The molecule has 2 atom stereocenters. The van der Waals surface area contributed by atoms with E-state index in [1.54, 1.807) is 6.20 Å². The monoisotopic (exact) mass is 353 g/mol. The van der Waals surface area contributed by atoms with Gasteiger partial charge in [-0.2, -0.15) is 5.10 Å². The molecule has 1 amide bonds. The van der Waals surface area contributed by atoms with Crippen LogP contribution in [0.4, 0.5) is 0 Å². The van der Waals surface area contributed by atoms with Gasteiger partial charge in [-0.25, -0.2) is 4.98 Å². The fraction of sp³-hybridized carbons (Fsp3) is 0.600. The standard InChI is InChI=1S/C20H27N5O/c1-12(2)19-22-20(24-23-19)17-11-25(10-16(17)14-4-5-14)18(26)8-15-6-7-21-9-13(15)3/h6-7,9,12,14,16-17H,4-5,8,10-11H2,1-3H3,(H,22,23,24)/t16-,17+/m1/s1. The van der Waals surface area contributed by atoms with Gasteiger partial charge in [0.15, 0.2) is 5.82 Å². The third-order valence-corrected chi connectivity index (χ3v) is 5.81. The van der Waals surface area contributed by atoms with Crippen LogP contribution >= 0.6 is 0 Å². The van der Waals surface area contributed by atoms with Gasteiger partial charge in [0, 0.05) is 37.3 Å². The average Bonchev–Trinajstić information content (AvgIpc) is 3.17. The van der Waals surface area contributed by atoms with Crippen LogP contribution in [-0.2, 0) is 11.2 Å². The molecule has 6 nitrogen and oxygen atoms in total. The zero-order chi connectivity index (χ0) is 18.3. The van der Waals surface area contributed by atoms with Crippen molar-refractivity contribution >= 4 is 5.91 Å². The van der Waals surface area contributed by atoms with E-state index in [1.807, 2.05) is 24.1 Å². The highest BCUT2D eigenvalue weighted by molar-refractivity contribution is 5.79. The number of pyridine rings is 1. The molecule has 26 heavy (non-hydrogen) atoms. The third-order valence-electron chi connectivity index (χ3n) is 5.81. The van der Waals surface area contributed by atoms with E-state index >= 15 is 0 Å². The second-order valence-electron chi connectivity index (χ2n) is 8.12. The Morgan fingerprint density at radius 2 is 2.15 bits per heavy atom. The SMILES string of the molecule is Cc1cnccc1CC(=O)N1C[C@H](c2nc(C(C)C)n[nH]2)[C@@H](C2CC2)C1. The van der Waals surface area contributed by atoms with Crippen molar-refractivity contribution in [3.8, 4) is 0 Å². The third kappa shape index (κ3) is 3.37. The molecule has 0 spiro atoms. The van der Waals surface area contributed by atoms with Crippen molar-refractivity contribution in [2.75, 3.05) is 13.1 Å². The van der Waals surface area contributed by atoms with Crippen molar-refractivity contribution in [1.29, 1.82) is 0 Å². The molecule has 1 aliphatic carbocycles. The van der Waals surface area contributed by atoms with Crippen molar-refractivity contribution < 1.29 is 4.79 Å². The molecule has 1 saturated carbocycles. The van der Waals surface area contributed by atoms with Crippen LogP contribution in [0.25, 0.3) is 0 Å². The molecule has 0 bridgehead atoms. The van der Waals surface area contributed by atoms with Gasteiger partial charge in [-0.05, 0) is 48.8 Å². The largest absolute Gasteiger partial charge is 0.341 e. The van der Waals surface area contributed by atoms with Crippen LogP contribution in [0.15, 0.2) is 18.5 Å². The summed E-state index contributed by atoms with van der Waals surface area (Å²) in [5.74, 6) is 3.86. The van der Waals surface area contributed by atoms with E-state index in [9.17, 15) is 4.79 Å². The number of nitrogens with zero attached hydrogens (tertiary/aromatic N) is 4. The lowest BCUT2D eigenvalue weighted by Crippen LogP contribution is -2.30. The second-order valence-corrected chi connectivity index (χ2v) is 8.12. The maximum absolute atomic E-state index is 12.9. The molecule has 2 aliphatic rings. The summed E-state index contributed by atoms with van der Waals surface area (Å²) in [5, 5.41) is 7.53. The number of aromatic amines is 1. The fourth-order valence-corrected chi connectivity index (χ4v) is 4.01. The van der Waals surface area contributed by atoms with Crippen molar-refractivity contribution in [2.24, 2.45) is 11.8 Å². The number of aryl methyl sites for hydroxylation is 1. The quantitative estimate of drug-likeness (QED) is 0.897. The molecular formula is C20H27N5O. The molecule has 2 aromatic heterocycles. The number of hydrogen-bond donors (Lipinski definition) is 1. The van der Waals surface area contributed by atoms with Crippen LogP contribution in [0.1, 0.15) is 61.3 Å². The van der Waals surface area contributed by atoms with Crippen LogP contribution in [0.2, 0.25) is 0 Å². The first kappa shape index (κ1) is 17.2. The number of likely N-dealkylation sites (tertiary alicyclic amines) is 1. The minimum absolute atomic E-state index is 0.205. The summed E-state index contributed by atoms with van der Waals surface area (Å²) >= 11 is 0. The minimum Gasteiger partial charge on any atom is -0.341 e. The Morgan fingerprint density at radius 3 is 2.81 bits per heavy atom. The normalized spacial score (nSPS) is 23.0. The highest BCUT2D eigenvalue weighted by Crippen LogP contribution is 2.47. The zero-order valence-electron chi connectivity index (χ0n) is 15.8. The van der Waals surface area contributed by atoms with Gasteiger partial charge >= 0.3 is 0 Å². The molecule has 2 aromatic rings. The molecule has 138 valence electrons. The molecule has 1 aliphatic heterocycles. The second kappa shape index (κ2) is 6.82. The Labute approximate surface area is 154 Å². The lowest BCUT2D eigenvalue weighted by atomic mass is 9.91. The summed E-state index contributed by atoms with van der Waals surface area (Å²) in [6.07, 6.45) is 6.59. The van der Waals surface area contributed by atoms with E-state index < -0.39 is 0 Å².